The number of para-hydroxylation sites is 2. The molecule has 6 aromatic rings. The van der Waals surface area contributed by atoms with Crippen LogP contribution in [0.3, 0.4) is 0 Å². The normalized spacial score (nSPS) is 11.2. The smallest absolute Gasteiger partial charge is 0.259 e. The van der Waals surface area contributed by atoms with Crippen LogP contribution in [0.1, 0.15) is 11.1 Å². The van der Waals surface area contributed by atoms with E-state index in [0.29, 0.717) is 27.4 Å². The number of hydrogen-bond donors (Lipinski definition) is 1. The first-order valence-electron chi connectivity index (χ1n) is 12.5. The van der Waals surface area contributed by atoms with Crippen LogP contribution in [0.4, 0.5) is 17.1 Å². The van der Waals surface area contributed by atoms with E-state index in [9.17, 15) is 4.79 Å². The third kappa shape index (κ3) is 5.35. The molecular weight excluding hydrogens is 504 g/mol. The van der Waals surface area contributed by atoms with Gasteiger partial charge in [0.2, 0.25) is 0 Å². The predicted molar refractivity (Wildman–Crippen MR) is 161 cm³/mol. The van der Waals surface area contributed by atoms with Gasteiger partial charge in [0.1, 0.15) is 5.69 Å². The Balaban J connectivity index is 1.26. The van der Waals surface area contributed by atoms with Gasteiger partial charge in [0.25, 0.3) is 5.56 Å². The van der Waals surface area contributed by atoms with Crippen molar-refractivity contribution < 1.29 is 0 Å². The zero-order chi connectivity index (χ0) is 26.6. The Morgan fingerprint density at radius 1 is 0.692 bits per heavy atom. The number of benzene rings is 4. The summed E-state index contributed by atoms with van der Waals surface area (Å²) < 4.78 is 0. The number of nitrogens with zero attached hydrogens (tertiary/aromatic N) is 3. The van der Waals surface area contributed by atoms with Crippen molar-refractivity contribution in [2.75, 3.05) is 4.90 Å². The van der Waals surface area contributed by atoms with E-state index in [1.807, 2.05) is 54.6 Å². The van der Waals surface area contributed by atoms with Crippen LogP contribution >= 0.6 is 11.6 Å². The quantitative estimate of drug-likeness (QED) is 0.237. The average Bonchev–Trinajstić information content (AvgIpc) is 2.98. The molecule has 0 unspecified atom stereocenters. The summed E-state index contributed by atoms with van der Waals surface area (Å²) in [4.78, 5) is 26.6. The molecule has 0 aliphatic heterocycles. The summed E-state index contributed by atoms with van der Waals surface area (Å²) in [5.41, 5.74) is 6.18. The molecule has 0 saturated carbocycles. The minimum absolute atomic E-state index is 0.250. The van der Waals surface area contributed by atoms with Crippen LogP contribution in [0.15, 0.2) is 126 Å². The molecule has 0 bridgehead atoms. The van der Waals surface area contributed by atoms with Crippen LogP contribution in [-0.4, -0.2) is 15.0 Å². The molecule has 0 fully saturated rings. The third-order valence-corrected chi connectivity index (χ3v) is 6.58. The first kappa shape index (κ1) is 24.3. The van der Waals surface area contributed by atoms with E-state index in [1.54, 1.807) is 24.4 Å². The molecule has 4 aromatic carbocycles. The highest BCUT2D eigenvalue weighted by Crippen LogP contribution is 2.34. The third-order valence-electron chi connectivity index (χ3n) is 6.34. The highest BCUT2D eigenvalue weighted by atomic mass is 35.5. The number of pyridine rings is 1. The number of hydrogen-bond acceptors (Lipinski definition) is 4. The molecule has 39 heavy (non-hydrogen) atoms. The van der Waals surface area contributed by atoms with E-state index < -0.39 is 0 Å². The Labute approximate surface area is 230 Å². The highest BCUT2D eigenvalue weighted by molar-refractivity contribution is 6.31. The maximum absolute atomic E-state index is 12.6. The maximum atomic E-state index is 12.6. The summed E-state index contributed by atoms with van der Waals surface area (Å²) in [6.07, 6.45) is 5.78. The fourth-order valence-electron chi connectivity index (χ4n) is 4.44. The van der Waals surface area contributed by atoms with Gasteiger partial charge in [0.05, 0.1) is 10.9 Å². The number of halogens is 1. The predicted octanol–water partition coefficient (Wildman–Crippen LogP) is 8.28. The number of aromatic nitrogens is 3. The lowest BCUT2D eigenvalue weighted by molar-refractivity contribution is 1.14. The first-order chi connectivity index (χ1) is 19.1. The first-order valence-corrected chi connectivity index (χ1v) is 12.9. The van der Waals surface area contributed by atoms with Gasteiger partial charge in [0.15, 0.2) is 5.82 Å². The van der Waals surface area contributed by atoms with Crippen molar-refractivity contribution >= 4 is 51.7 Å². The molecule has 0 radical (unpaired) electrons. The number of H-pyrrole nitrogens is 1. The maximum Gasteiger partial charge on any atom is 0.259 e. The van der Waals surface area contributed by atoms with Gasteiger partial charge in [0, 0.05) is 28.3 Å². The molecule has 0 spiro atoms. The van der Waals surface area contributed by atoms with Crippen LogP contribution in [-0.2, 0) is 0 Å². The van der Waals surface area contributed by atoms with E-state index in [-0.39, 0.29) is 5.56 Å². The fourth-order valence-corrected chi connectivity index (χ4v) is 4.61. The summed E-state index contributed by atoms with van der Waals surface area (Å²) in [6.45, 7) is 0. The molecular formula is C33H23ClN4O. The fraction of sp³-hybridized carbons (Fsp3) is 0. The van der Waals surface area contributed by atoms with Gasteiger partial charge in [-0.3, -0.25) is 9.78 Å². The Morgan fingerprint density at radius 3 is 2.03 bits per heavy atom. The van der Waals surface area contributed by atoms with Crippen molar-refractivity contribution in [1.82, 2.24) is 15.0 Å². The van der Waals surface area contributed by atoms with E-state index in [2.05, 4.69) is 74.5 Å². The van der Waals surface area contributed by atoms with Gasteiger partial charge in [-0.1, -0.05) is 72.3 Å². The van der Waals surface area contributed by atoms with Gasteiger partial charge >= 0.3 is 0 Å². The highest BCUT2D eigenvalue weighted by Gasteiger charge is 2.11. The lowest BCUT2D eigenvalue weighted by Crippen LogP contribution is -2.10. The monoisotopic (exact) mass is 526 g/mol. The van der Waals surface area contributed by atoms with Crippen molar-refractivity contribution in [3.05, 3.63) is 148 Å². The number of nitrogens with one attached hydrogen (secondary N) is 1. The second-order valence-corrected chi connectivity index (χ2v) is 9.42. The summed E-state index contributed by atoms with van der Waals surface area (Å²) in [5.74, 6) is 0.413. The zero-order valence-electron chi connectivity index (χ0n) is 20.8. The van der Waals surface area contributed by atoms with E-state index in [4.69, 9.17) is 11.6 Å². The largest absolute Gasteiger partial charge is 0.311 e. The molecule has 0 aliphatic carbocycles. The SMILES string of the molecule is O=c1[nH]c(-c2cc(C=Cc3ccc(N(c4ccccc4)c4ccccc4)cc3)ccn2)nc2ccc(Cl)cc12. The molecule has 6 heteroatoms. The minimum atomic E-state index is -0.250. The van der Waals surface area contributed by atoms with Gasteiger partial charge < -0.3 is 9.88 Å². The second kappa shape index (κ2) is 10.8. The number of fused-ring (bicyclic) bond motifs is 1. The second-order valence-electron chi connectivity index (χ2n) is 8.98. The topological polar surface area (TPSA) is 61.9 Å². The molecule has 5 nitrogen and oxygen atoms in total. The molecule has 188 valence electrons. The molecule has 1 N–H and O–H groups in total. The van der Waals surface area contributed by atoms with Gasteiger partial charge in [-0.15, -0.1) is 0 Å². The van der Waals surface area contributed by atoms with Gasteiger partial charge in [-0.25, -0.2) is 4.98 Å². The van der Waals surface area contributed by atoms with Crippen molar-refractivity contribution in [1.29, 1.82) is 0 Å². The molecule has 0 aliphatic rings. The minimum Gasteiger partial charge on any atom is -0.311 e. The van der Waals surface area contributed by atoms with Gasteiger partial charge in [-0.2, -0.15) is 0 Å². The summed E-state index contributed by atoms with van der Waals surface area (Å²) >= 11 is 6.03. The average molecular weight is 527 g/mol. The lowest BCUT2D eigenvalue weighted by atomic mass is 10.1. The van der Waals surface area contributed by atoms with E-state index in [0.717, 1.165) is 28.2 Å². The van der Waals surface area contributed by atoms with Crippen molar-refractivity contribution in [2.45, 2.75) is 0 Å². The summed E-state index contributed by atoms with van der Waals surface area (Å²) in [5, 5.41) is 0.942. The van der Waals surface area contributed by atoms with Crippen LogP contribution in [0.2, 0.25) is 5.02 Å². The van der Waals surface area contributed by atoms with Crippen molar-refractivity contribution in [3.8, 4) is 11.5 Å². The summed E-state index contributed by atoms with van der Waals surface area (Å²) in [7, 11) is 0. The Hall–Kier alpha value is -5.00. The molecule has 0 saturated heterocycles. The van der Waals surface area contributed by atoms with Crippen molar-refractivity contribution in [2.24, 2.45) is 0 Å². The van der Waals surface area contributed by atoms with Crippen LogP contribution in [0.5, 0.6) is 0 Å². The summed E-state index contributed by atoms with van der Waals surface area (Å²) in [6, 6.07) is 38.0. The zero-order valence-corrected chi connectivity index (χ0v) is 21.6. The molecule has 6 rings (SSSR count). The van der Waals surface area contributed by atoms with E-state index in [1.165, 1.54) is 0 Å². The molecule has 2 aromatic heterocycles. The molecule has 0 amide bonds. The van der Waals surface area contributed by atoms with Crippen LogP contribution < -0.4 is 10.5 Å². The van der Waals surface area contributed by atoms with Crippen LogP contribution in [0, 0.1) is 0 Å². The van der Waals surface area contributed by atoms with Crippen molar-refractivity contribution in [3.63, 3.8) is 0 Å². The lowest BCUT2D eigenvalue weighted by Gasteiger charge is -2.25. The van der Waals surface area contributed by atoms with Gasteiger partial charge in [-0.05, 0) is 77.9 Å². The van der Waals surface area contributed by atoms with E-state index >= 15 is 0 Å². The Bertz CT molecular complexity index is 1790. The molecule has 2 heterocycles. The van der Waals surface area contributed by atoms with Crippen LogP contribution in [0.25, 0.3) is 34.6 Å². The Morgan fingerprint density at radius 2 is 1.33 bits per heavy atom. The molecule has 0 atom stereocenters. The Kier molecular flexibility index (Phi) is 6.73. The number of rotatable bonds is 6. The standard InChI is InChI=1S/C33H23ClN4O/c34-25-15-18-30-29(22-25)33(39)37-32(36-30)31-21-24(19-20-35-31)12-11-23-13-16-28(17-14-23)38(26-7-3-1-4-8-26)27-9-5-2-6-10-27/h1-22H,(H,36,37,39). The number of anilines is 3. The number of aromatic amines is 1.